The van der Waals surface area contributed by atoms with Gasteiger partial charge in [-0.25, -0.2) is 9.37 Å². The number of pyridine rings is 1. The third kappa shape index (κ3) is 3.35. The number of carbonyl (C=O) groups is 1. The third-order valence-electron chi connectivity index (χ3n) is 3.51. The number of imidazole rings is 1. The summed E-state index contributed by atoms with van der Waals surface area (Å²) in [5.74, 6) is -1.15. The summed E-state index contributed by atoms with van der Waals surface area (Å²) in [5, 5.41) is 2.77. The maximum Gasteiger partial charge on any atom is 0.255 e. The maximum atomic E-state index is 13.7. The Bertz CT molecular complexity index is 855. The number of aromatic nitrogens is 2. The highest BCUT2D eigenvalue weighted by atomic mass is 35.5. The molecule has 2 aromatic heterocycles. The van der Waals surface area contributed by atoms with E-state index in [1.165, 1.54) is 18.2 Å². The molecular formula is C17H15ClFN3O. The van der Waals surface area contributed by atoms with Crippen molar-refractivity contribution in [3.8, 4) is 0 Å². The fourth-order valence-corrected chi connectivity index (χ4v) is 2.63. The lowest BCUT2D eigenvalue weighted by Gasteiger charge is -2.06. The van der Waals surface area contributed by atoms with Crippen molar-refractivity contribution in [1.82, 2.24) is 14.7 Å². The van der Waals surface area contributed by atoms with Gasteiger partial charge in [-0.05, 0) is 30.7 Å². The number of hydrogen-bond acceptors (Lipinski definition) is 2. The zero-order valence-corrected chi connectivity index (χ0v) is 13.3. The van der Waals surface area contributed by atoms with Crippen LogP contribution in [-0.2, 0) is 6.42 Å². The summed E-state index contributed by atoms with van der Waals surface area (Å²) in [6.07, 6.45) is 4.46. The first-order valence-corrected chi connectivity index (χ1v) is 7.59. The van der Waals surface area contributed by atoms with Crippen molar-refractivity contribution in [2.75, 3.05) is 6.54 Å². The van der Waals surface area contributed by atoms with Gasteiger partial charge < -0.3 is 9.72 Å². The molecule has 0 unspecified atom stereocenters. The molecule has 1 aromatic carbocycles. The van der Waals surface area contributed by atoms with Crippen LogP contribution in [-0.4, -0.2) is 21.8 Å². The van der Waals surface area contributed by atoms with Crippen LogP contribution in [0, 0.1) is 12.7 Å². The Morgan fingerprint density at radius 3 is 2.91 bits per heavy atom. The van der Waals surface area contributed by atoms with E-state index >= 15 is 0 Å². The van der Waals surface area contributed by atoms with E-state index in [9.17, 15) is 9.18 Å². The Kier molecular flexibility index (Phi) is 4.30. The molecule has 4 nitrogen and oxygen atoms in total. The van der Waals surface area contributed by atoms with Crippen molar-refractivity contribution >= 4 is 23.2 Å². The van der Waals surface area contributed by atoms with Gasteiger partial charge in [0, 0.05) is 25.4 Å². The molecule has 0 saturated heterocycles. The number of benzene rings is 1. The zero-order chi connectivity index (χ0) is 16.4. The molecule has 0 spiro atoms. The number of hydrogen-bond donors (Lipinski definition) is 1. The van der Waals surface area contributed by atoms with E-state index in [2.05, 4.69) is 10.3 Å². The van der Waals surface area contributed by atoms with Crippen LogP contribution < -0.4 is 5.32 Å². The van der Waals surface area contributed by atoms with Crippen LogP contribution in [0.3, 0.4) is 0 Å². The molecule has 23 heavy (non-hydrogen) atoms. The minimum Gasteiger partial charge on any atom is -0.352 e. The van der Waals surface area contributed by atoms with Crippen LogP contribution >= 0.6 is 11.6 Å². The first-order chi connectivity index (χ1) is 11.0. The van der Waals surface area contributed by atoms with Crippen molar-refractivity contribution in [1.29, 1.82) is 0 Å². The van der Waals surface area contributed by atoms with E-state index in [1.807, 2.05) is 35.9 Å². The Morgan fingerprint density at radius 2 is 2.13 bits per heavy atom. The molecule has 0 fully saturated rings. The summed E-state index contributed by atoms with van der Waals surface area (Å²) in [6.45, 7) is 2.36. The molecule has 2 heterocycles. The highest BCUT2D eigenvalue weighted by Crippen LogP contribution is 2.18. The predicted molar refractivity (Wildman–Crippen MR) is 87.4 cm³/mol. The van der Waals surface area contributed by atoms with Crippen LogP contribution in [0.4, 0.5) is 4.39 Å². The van der Waals surface area contributed by atoms with Crippen molar-refractivity contribution in [2.45, 2.75) is 13.3 Å². The summed E-state index contributed by atoms with van der Waals surface area (Å²) in [7, 11) is 0. The van der Waals surface area contributed by atoms with Gasteiger partial charge in [0.05, 0.1) is 16.3 Å². The van der Waals surface area contributed by atoms with Gasteiger partial charge in [0.25, 0.3) is 5.91 Å². The minimum absolute atomic E-state index is 0.103. The first-order valence-electron chi connectivity index (χ1n) is 7.21. The van der Waals surface area contributed by atoms with Crippen molar-refractivity contribution in [2.24, 2.45) is 0 Å². The van der Waals surface area contributed by atoms with Crippen LogP contribution in [0.5, 0.6) is 0 Å². The second kappa shape index (κ2) is 6.38. The van der Waals surface area contributed by atoms with Gasteiger partial charge in [-0.1, -0.05) is 23.7 Å². The second-order valence-corrected chi connectivity index (χ2v) is 5.71. The molecule has 0 radical (unpaired) electrons. The Labute approximate surface area is 137 Å². The highest BCUT2D eigenvalue weighted by molar-refractivity contribution is 6.33. The largest absolute Gasteiger partial charge is 0.352 e. The number of rotatable bonds is 4. The second-order valence-electron chi connectivity index (χ2n) is 5.31. The van der Waals surface area contributed by atoms with E-state index in [0.29, 0.717) is 13.0 Å². The molecule has 0 bridgehead atoms. The number of nitrogens with zero attached hydrogens (tertiary/aromatic N) is 2. The van der Waals surface area contributed by atoms with Crippen LogP contribution in [0.2, 0.25) is 5.02 Å². The molecule has 118 valence electrons. The third-order valence-corrected chi connectivity index (χ3v) is 3.82. The molecule has 0 atom stereocenters. The molecule has 0 aliphatic carbocycles. The number of fused-ring (bicyclic) bond motifs is 1. The molecule has 3 aromatic rings. The Balaban J connectivity index is 1.65. The van der Waals surface area contributed by atoms with Crippen molar-refractivity contribution < 1.29 is 9.18 Å². The summed E-state index contributed by atoms with van der Waals surface area (Å²) < 4.78 is 15.6. The van der Waals surface area contributed by atoms with Crippen molar-refractivity contribution in [3.63, 3.8) is 0 Å². The molecule has 0 aliphatic rings. The summed E-state index contributed by atoms with van der Waals surface area (Å²) in [6, 6.07) is 8.10. The molecule has 1 amide bonds. The summed E-state index contributed by atoms with van der Waals surface area (Å²) in [4.78, 5) is 16.5. The van der Waals surface area contributed by atoms with Crippen molar-refractivity contribution in [3.05, 3.63) is 70.4 Å². The zero-order valence-electron chi connectivity index (χ0n) is 12.5. The molecule has 1 N–H and O–H groups in total. The van der Waals surface area contributed by atoms with E-state index < -0.39 is 11.7 Å². The average molecular weight is 332 g/mol. The number of aryl methyl sites for hydroxylation is 1. The standard InChI is InChI=1S/C17H15ClFN3O/c1-11-5-6-15-21-12(10-22(15)9-11)7-8-20-17(23)16-13(18)3-2-4-14(16)19/h2-6,9-10H,7-8H2,1H3,(H,20,23). The van der Waals surface area contributed by atoms with Gasteiger partial charge in [0.2, 0.25) is 0 Å². The fourth-order valence-electron chi connectivity index (χ4n) is 2.38. The van der Waals surface area contributed by atoms with Gasteiger partial charge >= 0.3 is 0 Å². The fraction of sp³-hybridized carbons (Fsp3) is 0.176. The lowest BCUT2D eigenvalue weighted by Crippen LogP contribution is -2.27. The van der Waals surface area contributed by atoms with Crippen LogP contribution in [0.15, 0.2) is 42.7 Å². The van der Waals surface area contributed by atoms with Gasteiger partial charge in [-0.15, -0.1) is 0 Å². The minimum atomic E-state index is -0.627. The molecule has 0 saturated carbocycles. The predicted octanol–water partition coefficient (Wildman–Crippen LogP) is 3.41. The van der Waals surface area contributed by atoms with Gasteiger partial charge in [0.15, 0.2) is 0 Å². The van der Waals surface area contributed by atoms with Crippen LogP contribution in [0.1, 0.15) is 21.6 Å². The number of amides is 1. The van der Waals surface area contributed by atoms with Crippen LogP contribution in [0.25, 0.3) is 5.65 Å². The SMILES string of the molecule is Cc1ccc2nc(CCNC(=O)c3c(F)cccc3Cl)cn2c1. The van der Waals surface area contributed by atoms with Gasteiger partial charge in [-0.2, -0.15) is 0 Å². The highest BCUT2D eigenvalue weighted by Gasteiger charge is 2.15. The Hall–Kier alpha value is -2.40. The Morgan fingerprint density at radius 1 is 1.30 bits per heavy atom. The topological polar surface area (TPSA) is 46.4 Å². The molecular weight excluding hydrogens is 317 g/mol. The summed E-state index contributed by atoms with van der Waals surface area (Å²) in [5.41, 5.74) is 2.73. The van der Waals surface area contributed by atoms with Gasteiger partial charge in [0.1, 0.15) is 11.5 Å². The number of carbonyl (C=O) groups excluding carboxylic acids is 1. The van der Waals surface area contributed by atoms with E-state index in [-0.39, 0.29) is 10.6 Å². The smallest absolute Gasteiger partial charge is 0.255 e. The molecule has 6 heteroatoms. The van der Waals surface area contributed by atoms with Gasteiger partial charge in [-0.3, -0.25) is 4.79 Å². The lowest BCUT2D eigenvalue weighted by molar-refractivity contribution is 0.0950. The quantitative estimate of drug-likeness (QED) is 0.796. The van der Waals surface area contributed by atoms with E-state index in [4.69, 9.17) is 11.6 Å². The monoisotopic (exact) mass is 331 g/mol. The molecule has 3 rings (SSSR count). The van der Waals surface area contributed by atoms with E-state index in [0.717, 1.165) is 16.9 Å². The first kappa shape index (κ1) is 15.5. The normalized spacial score (nSPS) is 10.9. The summed E-state index contributed by atoms with van der Waals surface area (Å²) >= 11 is 5.87. The lowest BCUT2D eigenvalue weighted by atomic mass is 10.2. The number of halogens is 2. The molecule has 0 aliphatic heterocycles. The van der Waals surface area contributed by atoms with E-state index in [1.54, 1.807) is 0 Å². The number of nitrogens with one attached hydrogen (secondary N) is 1. The average Bonchev–Trinajstić information content (AvgIpc) is 2.88. The maximum absolute atomic E-state index is 13.7.